The van der Waals surface area contributed by atoms with Gasteiger partial charge in [0.25, 0.3) is 0 Å². The van der Waals surface area contributed by atoms with Crippen LogP contribution in [-0.2, 0) is 4.74 Å². The minimum absolute atomic E-state index is 0.219. The zero-order valence-electron chi connectivity index (χ0n) is 16.2. The summed E-state index contributed by atoms with van der Waals surface area (Å²) in [5, 5.41) is 18.9. The molecule has 1 saturated heterocycles. The largest absolute Gasteiger partial charge is 0.508 e. The molecule has 1 aliphatic rings. The van der Waals surface area contributed by atoms with E-state index in [1.807, 2.05) is 24.3 Å². The van der Waals surface area contributed by atoms with Crippen molar-refractivity contribution >= 4 is 11.5 Å². The van der Waals surface area contributed by atoms with E-state index in [1.165, 1.54) is 5.57 Å². The van der Waals surface area contributed by atoms with Crippen LogP contribution in [0.15, 0.2) is 54.1 Å². The number of phenolic OH excluding ortho intramolecular Hbond substituents is 1. The average Bonchev–Trinajstić information content (AvgIpc) is 2.54. The van der Waals surface area contributed by atoms with Crippen LogP contribution in [0, 0.1) is 0 Å². The van der Waals surface area contributed by atoms with Crippen LogP contribution in [0.2, 0.25) is 0 Å². The Morgan fingerprint density at radius 2 is 1.22 bits per heavy atom. The van der Waals surface area contributed by atoms with E-state index in [-0.39, 0.29) is 22.5 Å². The predicted molar refractivity (Wildman–Crippen MR) is 106 cm³/mol. The van der Waals surface area contributed by atoms with Crippen molar-refractivity contribution in [2.45, 2.75) is 51.7 Å². The number of hydrogen-bond donors (Lipinski definition) is 2. The predicted octanol–water partition coefficient (Wildman–Crippen LogP) is 5.26. The molecular formula is C23H26O4. The fraction of sp³-hybridized carbons (Fsp3) is 0.348. The van der Waals surface area contributed by atoms with E-state index in [1.54, 1.807) is 24.3 Å². The van der Waals surface area contributed by atoms with Crippen molar-refractivity contribution in [3.8, 4) is 5.75 Å². The SMILES string of the molecule is CC1(C)CC(=C(c2ccc(O)cc2)c2ccc(C(=O)O)cc2)CC(C)(C)O1. The third-order valence-corrected chi connectivity index (χ3v) is 4.76. The van der Waals surface area contributed by atoms with Gasteiger partial charge < -0.3 is 14.9 Å². The van der Waals surface area contributed by atoms with Gasteiger partial charge in [-0.3, -0.25) is 0 Å². The summed E-state index contributed by atoms with van der Waals surface area (Å²) < 4.78 is 6.23. The van der Waals surface area contributed by atoms with Gasteiger partial charge in [-0.2, -0.15) is 0 Å². The van der Waals surface area contributed by atoms with E-state index >= 15 is 0 Å². The van der Waals surface area contributed by atoms with Crippen molar-refractivity contribution in [3.05, 3.63) is 70.8 Å². The molecule has 2 N–H and O–H groups in total. The van der Waals surface area contributed by atoms with Crippen molar-refractivity contribution in [2.24, 2.45) is 0 Å². The molecule has 3 rings (SSSR count). The van der Waals surface area contributed by atoms with Crippen molar-refractivity contribution in [1.29, 1.82) is 0 Å². The molecule has 142 valence electrons. The molecule has 1 fully saturated rings. The summed E-state index contributed by atoms with van der Waals surface area (Å²) >= 11 is 0. The Morgan fingerprint density at radius 3 is 1.67 bits per heavy atom. The first kappa shape index (κ1) is 19.2. The normalized spacial score (nSPS) is 18.1. The maximum absolute atomic E-state index is 11.2. The second-order valence-electron chi connectivity index (χ2n) is 8.38. The summed E-state index contributed by atoms with van der Waals surface area (Å²) in [5.41, 5.74) is 4.00. The van der Waals surface area contributed by atoms with Gasteiger partial charge in [0.2, 0.25) is 0 Å². The van der Waals surface area contributed by atoms with Gasteiger partial charge in [0.05, 0.1) is 16.8 Å². The molecule has 0 atom stereocenters. The lowest BCUT2D eigenvalue weighted by atomic mass is 9.79. The summed E-state index contributed by atoms with van der Waals surface area (Å²) in [6, 6.07) is 14.1. The van der Waals surface area contributed by atoms with Crippen LogP contribution >= 0.6 is 0 Å². The lowest BCUT2D eigenvalue weighted by molar-refractivity contribution is -0.138. The molecule has 1 aliphatic heterocycles. The zero-order chi connectivity index (χ0) is 19.8. The van der Waals surface area contributed by atoms with Crippen LogP contribution < -0.4 is 0 Å². The first-order chi connectivity index (χ1) is 12.6. The molecule has 1 heterocycles. The molecule has 0 aromatic heterocycles. The van der Waals surface area contributed by atoms with Gasteiger partial charge in [-0.25, -0.2) is 4.79 Å². The first-order valence-corrected chi connectivity index (χ1v) is 9.12. The number of carbonyl (C=O) groups is 1. The van der Waals surface area contributed by atoms with Crippen LogP contribution in [-0.4, -0.2) is 27.4 Å². The highest BCUT2D eigenvalue weighted by atomic mass is 16.5. The molecule has 0 unspecified atom stereocenters. The Hall–Kier alpha value is -2.59. The molecule has 27 heavy (non-hydrogen) atoms. The number of phenols is 1. The fourth-order valence-corrected chi connectivity index (χ4v) is 4.07. The monoisotopic (exact) mass is 366 g/mol. The van der Waals surface area contributed by atoms with Crippen LogP contribution in [0.5, 0.6) is 5.75 Å². The van der Waals surface area contributed by atoms with Crippen LogP contribution in [0.1, 0.15) is 62.0 Å². The standard InChI is InChI=1S/C23H26O4/c1-22(2)13-18(14-23(3,4)27-22)20(16-9-11-19(24)12-10-16)15-5-7-17(8-6-15)21(25)26/h5-12,24H,13-14H2,1-4H3,(H,25,26). The minimum atomic E-state index is -0.936. The quantitative estimate of drug-likeness (QED) is 0.777. The van der Waals surface area contributed by atoms with Crippen molar-refractivity contribution < 1.29 is 19.7 Å². The lowest BCUT2D eigenvalue weighted by Gasteiger charge is -2.43. The van der Waals surface area contributed by atoms with Gasteiger partial charge >= 0.3 is 5.97 Å². The molecule has 4 nitrogen and oxygen atoms in total. The van der Waals surface area contributed by atoms with Gasteiger partial charge in [0, 0.05) is 0 Å². The number of aromatic hydroxyl groups is 1. The summed E-state index contributed by atoms with van der Waals surface area (Å²) in [6.07, 6.45) is 1.57. The number of ether oxygens (including phenoxy) is 1. The number of aromatic carboxylic acids is 1. The Bertz CT molecular complexity index is 854. The fourth-order valence-electron chi connectivity index (χ4n) is 4.07. The summed E-state index contributed by atoms with van der Waals surface area (Å²) in [6.45, 7) is 8.37. The smallest absolute Gasteiger partial charge is 0.335 e. The van der Waals surface area contributed by atoms with Gasteiger partial charge in [-0.1, -0.05) is 29.8 Å². The number of carboxylic acids is 1. The van der Waals surface area contributed by atoms with Gasteiger partial charge in [0.1, 0.15) is 5.75 Å². The zero-order valence-corrected chi connectivity index (χ0v) is 16.2. The highest BCUT2D eigenvalue weighted by molar-refractivity contribution is 5.89. The van der Waals surface area contributed by atoms with Gasteiger partial charge in [-0.15, -0.1) is 0 Å². The molecule has 0 spiro atoms. The van der Waals surface area contributed by atoms with Crippen LogP contribution in [0.4, 0.5) is 0 Å². The topological polar surface area (TPSA) is 66.8 Å². The molecule has 0 saturated carbocycles. The first-order valence-electron chi connectivity index (χ1n) is 9.12. The van der Waals surface area contributed by atoms with Gasteiger partial charge in [-0.05, 0) is 81.5 Å². The van der Waals surface area contributed by atoms with E-state index in [0.29, 0.717) is 0 Å². The van der Waals surface area contributed by atoms with Crippen LogP contribution in [0.3, 0.4) is 0 Å². The Morgan fingerprint density at radius 1 is 0.815 bits per heavy atom. The second-order valence-corrected chi connectivity index (χ2v) is 8.38. The summed E-state index contributed by atoms with van der Waals surface area (Å²) in [5.74, 6) is -0.717. The average molecular weight is 366 g/mol. The number of benzene rings is 2. The maximum atomic E-state index is 11.2. The molecule has 2 aromatic rings. The minimum Gasteiger partial charge on any atom is -0.508 e. The Kier molecular flexibility index (Phi) is 4.87. The van der Waals surface area contributed by atoms with Crippen molar-refractivity contribution in [2.75, 3.05) is 0 Å². The molecule has 0 radical (unpaired) electrons. The molecule has 4 heteroatoms. The molecule has 0 aliphatic carbocycles. The number of hydrogen-bond acceptors (Lipinski definition) is 3. The molecular weight excluding hydrogens is 340 g/mol. The van der Waals surface area contributed by atoms with E-state index in [0.717, 1.165) is 29.5 Å². The molecule has 0 bridgehead atoms. The highest BCUT2D eigenvalue weighted by Gasteiger charge is 2.37. The van der Waals surface area contributed by atoms with E-state index < -0.39 is 5.97 Å². The number of carboxylic acid groups (broad SMARTS) is 1. The maximum Gasteiger partial charge on any atom is 0.335 e. The van der Waals surface area contributed by atoms with Crippen molar-refractivity contribution in [3.63, 3.8) is 0 Å². The summed E-state index contributed by atoms with van der Waals surface area (Å²) in [4.78, 5) is 11.2. The van der Waals surface area contributed by atoms with E-state index in [4.69, 9.17) is 4.74 Å². The van der Waals surface area contributed by atoms with E-state index in [2.05, 4.69) is 27.7 Å². The highest BCUT2D eigenvalue weighted by Crippen LogP contribution is 2.43. The number of rotatable bonds is 3. The second kappa shape index (κ2) is 6.86. The lowest BCUT2D eigenvalue weighted by Crippen LogP contribution is -2.42. The Balaban J connectivity index is 2.18. The molecule has 2 aromatic carbocycles. The third kappa shape index (κ3) is 4.40. The van der Waals surface area contributed by atoms with E-state index in [9.17, 15) is 15.0 Å². The van der Waals surface area contributed by atoms with Gasteiger partial charge in [0.15, 0.2) is 0 Å². The summed E-state index contributed by atoms with van der Waals surface area (Å²) in [7, 11) is 0. The molecule has 0 amide bonds. The Labute approximate surface area is 160 Å². The third-order valence-electron chi connectivity index (χ3n) is 4.76. The van der Waals surface area contributed by atoms with Crippen molar-refractivity contribution in [1.82, 2.24) is 0 Å². The van der Waals surface area contributed by atoms with Crippen LogP contribution in [0.25, 0.3) is 5.57 Å².